The summed E-state index contributed by atoms with van der Waals surface area (Å²) >= 11 is 12.4. The van der Waals surface area contributed by atoms with Gasteiger partial charge in [0.15, 0.2) is 0 Å². The van der Waals surface area contributed by atoms with Gasteiger partial charge in [-0.15, -0.1) is 0 Å². The molecule has 2 aliphatic rings. The zero-order valence-electron chi connectivity index (χ0n) is 13.6. The second-order valence-corrected chi connectivity index (χ2v) is 7.63. The standard InChI is InChI=1S/C19H21Cl2NO2/c1-22-12-7-8-16(22)14(13(10-12)17-6-3-9-23-17)11-24-18-5-2-4-15(20)19(18)21/h2-6,9,12-14,16H,7-8,10-11H2,1H3/t12?,13-,14?,16?/m0/s1. The summed E-state index contributed by atoms with van der Waals surface area (Å²) in [6, 6.07) is 10.8. The second-order valence-electron chi connectivity index (χ2n) is 6.85. The van der Waals surface area contributed by atoms with Gasteiger partial charge in [-0.1, -0.05) is 29.3 Å². The molecule has 5 heteroatoms. The van der Waals surface area contributed by atoms with Gasteiger partial charge in [-0.05, 0) is 50.6 Å². The van der Waals surface area contributed by atoms with Crippen molar-refractivity contribution in [2.24, 2.45) is 5.92 Å². The maximum Gasteiger partial charge on any atom is 0.139 e. The second kappa shape index (κ2) is 6.62. The molecule has 1 aromatic carbocycles. The lowest BCUT2D eigenvalue weighted by atomic mass is 9.79. The minimum absolute atomic E-state index is 0.384. The van der Waals surface area contributed by atoms with Gasteiger partial charge in [-0.25, -0.2) is 0 Å². The van der Waals surface area contributed by atoms with Crippen LogP contribution in [0.25, 0.3) is 0 Å². The summed E-state index contributed by atoms with van der Waals surface area (Å²) in [5, 5.41) is 1.01. The molecule has 3 heterocycles. The first-order valence-electron chi connectivity index (χ1n) is 8.47. The average Bonchev–Trinajstić information content (AvgIpc) is 3.17. The smallest absolute Gasteiger partial charge is 0.139 e. The SMILES string of the molecule is CN1C2CCC1C(COc1cccc(Cl)c1Cl)[C@@H](c1ccco1)C2. The molecular formula is C19H21Cl2NO2. The van der Waals surface area contributed by atoms with Crippen LogP contribution in [0.3, 0.4) is 0 Å². The minimum atomic E-state index is 0.384. The van der Waals surface area contributed by atoms with Crippen molar-refractivity contribution >= 4 is 23.2 Å². The molecular weight excluding hydrogens is 345 g/mol. The molecule has 3 unspecified atom stereocenters. The summed E-state index contributed by atoms with van der Waals surface area (Å²) in [7, 11) is 2.24. The Hall–Kier alpha value is -1.16. The Labute approximate surface area is 152 Å². The average molecular weight is 366 g/mol. The van der Waals surface area contributed by atoms with Gasteiger partial charge in [0.05, 0.1) is 17.9 Å². The van der Waals surface area contributed by atoms with Crippen LogP contribution in [-0.4, -0.2) is 30.6 Å². The van der Waals surface area contributed by atoms with Gasteiger partial charge in [0.2, 0.25) is 0 Å². The first-order valence-corrected chi connectivity index (χ1v) is 9.23. The number of rotatable bonds is 4. The van der Waals surface area contributed by atoms with E-state index in [0.29, 0.717) is 46.3 Å². The summed E-state index contributed by atoms with van der Waals surface area (Å²) in [5.74, 6) is 2.51. The number of ether oxygens (including phenoxy) is 1. The summed E-state index contributed by atoms with van der Waals surface area (Å²) < 4.78 is 11.8. The maximum atomic E-state index is 6.27. The lowest BCUT2D eigenvalue weighted by molar-refractivity contribution is 0.0596. The lowest BCUT2D eigenvalue weighted by Gasteiger charge is -2.42. The molecule has 0 aliphatic carbocycles. The first kappa shape index (κ1) is 16.3. The van der Waals surface area contributed by atoms with Gasteiger partial charge in [0.1, 0.15) is 16.5 Å². The van der Waals surface area contributed by atoms with E-state index in [1.807, 2.05) is 18.2 Å². The van der Waals surface area contributed by atoms with Crippen molar-refractivity contribution in [2.75, 3.05) is 13.7 Å². The zero-order valence-corrected chi connectivity index (χ0v) is 15.1. The number of hydrogen-bond donors (Lipinski definition) is 0. The molecule has 0 saturated carbocycles. The Balaban J connectivity index is 1.57. The fourth-order valence-electron chi connectivity index (χ4n) is 4.42. The van der Waals surface area contributed by atoms with E-state index in [1.165, 1.54) is 12.8 Å². The molecule has 2 bridgehead atoms. The van der Waals surface area contributed by atoms with Crippen molar-refractivity contribution in [2.45, 2.75) is 37.3 Å². The fourth-order valence-corrected chi connectivity index (χ4v) is 4.76. The molecule has 4 atom stereocenters. The molecule has 24 heavy (non-hydrogen) atoms. The van der Waals surface area contributed by atoms with Crippen LogP contribution in [0.15, 0.2) is 41.0 Å². The molecule has 2 aliphatic heterocycles. The highest BCUT2D eigenvalue weighted by Crippen LogP contribution is 2.46. The molecule has 3 nitrogen and oxygen atoms in total. The summed E-state index contributed by atoms with van der Waals surface area (Å²) in [5.41, 5.74) is 0. The van der Waals surface area contributed by atoms with E-state index in [-0.39, 0.29) is 0 Å². The zero-order chi connectivity index (χ0) is 16.7. The largest absolute Gasteiger partial charge is 0.492 e. The maximum absolute atomic E-state index is 6.27. The van der Waals surface area contributed by atoms with E-state index < -0.39 is 0 Å². The van der Waals surface area contributed by atoms with Gasteiger partial charge in [-0.2, -0.15) is 0 Å². The van der Waals surface area contributed by atoms with Crippen LogP contribution in [0.1, 0.15) is 30.9 Å². The van der Waals surface area contributed by atoms with Crippen molar-refractivity contribution in [3.8, 4) is 5.75 Å². The van der Waals surface area contributed by atoms with Gasteiger partial charge in [-0.3, -0.25) is 0 Å². The molecule has 0 radical (unpaired) electrons. The minimum Gasteiger partial charge on any atom is -0.492 e. The Kier molecular flexibility index (Phi) is 4.50. The van der Waals surface area contributed by atoms with Crippen molar-refractivity contribution in [1.29, 1.82) is 0 Å². The molecule has 0 spiro atoms. The van der Waals surface area contributed by atoms with Gasteiger partial charge >= 0.3 is 0 Å². The highest BCUT2D eigenvalue weighted by molar-refractivity contribution is 6.42. The number of fused-ring (bicyclic) bond motifs is 2. The van der Waals surface area contributed by atoms with Crippen LogP contribution < -0.4 is 4.74 Å². The predicted octanol–water partition coefficient (Wildman–Crippen LogP) is 5.23. The third kappa shape index (κ3) is 2.83. The molecule has 4 rings (SSSR count). The topological polar surface area (TPSA) is 25.6 Å². The molecule has 0 N–H and O–H groups in total. The summed E-state index contributed by atoms with van der Waals surface area (Å²) in [6.45, 7) is 0.618. The molecule has 128 valence electrons. The Morgan fingerprint density at radius 2 is 2.08 bits per heavy atom. The third-order valence-corrected chi connectivity index (χ3v) is 6.49. The third-order valence-electron chi connectivity index (χ3n) is 5.69. The quantitative estimate of drug-likeness (QED) is 0.741. The normalized spacial score (nSPS) is 29.8. The summed E-state index contributed by atoms with van der Waals surface area (Å²) in [6.07, 6.45) is 5.36. The summed E-state index contributed by atoms with van der Waals surface area (Å²) in [4.78, 5) is 2.52. The van der Waals surface area contributed by atoms with E-state index in [0.717, 1.165) is 12.2 Å². The van der Waals surface area contributed by atoms with Crippen LogP contribution in [0.4, 0.5) is 0 Å². The Bertz CT molecular complexity index is 703. The van der Waals surface area contributed by atoms with Crippen molar-refractivity contribution in [3.63, 3.8) is 0 Å². The van der Waals surface area contributed by atoms with E-state index in [4.69, 9.17) is 32.4 Å². The predicted molar refractivity (Wildman–Crippen MR) is 96.1 cm³/mol. The number of halogens is 2. The van der Waals surface area contributed by atoms with Gasteiger partial charge in [0, 0.05) is 23.9 Å². The van der Waals surface area contributed by atoms with Gasteiger partial charge in [0.25, 0.3) is 0 Å². The molecule has 2 aromatic rings. The number of benzene rings is 1. The van der Waals surface area contributed by atoms with Gasteiger partial charge < -0.3 is 14.1 Å². The van der Waals surface area contributed by atoms with Crippen molar-refractivity contribution < 1.29 is 9.15 Å². The number of hydrogen-bond acceptors (Lipinski definition) is 3. The van der Waals surface area contributed by atoms with Crippen LogP contribution in [0.5, 0.6) is 5.75 Å². The lowest BCUT2D eigenvalue weighted by Crippen LogP contribution is -2.47. The number of piperidine rings is 1. The Morgan fingerprint density at radius 3 is 2.88 bits per heavy atom. The molecule has 2 fully saturated rings. The van der Waals surface area contributed by atoms with Crippen LogP contribution in [-0.2, 0) is 0 Å². The number of nitrogens with zero attached hydrogens (tertiary/aromatic N) is 1. The fraction of sp³-hybridized carbons (Fsp3) is 0.474. The highest BCUT2D eigenvalue weighted by Gasteiger charge is 2.47. The molecule has 0 amide bonds. The first-order chi connectivity index (χ1) is 11.6. The van der Waals surface area contributed by atoms with Crippen molar-refractivity contribution in [3.05, 3.63) is 52.4 Å². The van der Waals surface area contributed by atoms with E-state index in [1.54, 1.807) is 12.3 Å². The monoisotopic (exact) mass is 365 g/mol. The molecule has 1 aromatic heterocycles. The van der Waals surface area contributed by atoms with E-state index in [2.05, 4.69) is 18.0 Å². The van der Waals surface area contributed by atoms with Crippen LogP contribution >= 0.6 is 23.2 Å². The van der Waals surface area contributed by atoms with Crippen LogP contribution in [0.2, 0.25) is 10.0 Å². The Morgan fingerprint density at radius 1 is 1.21 bits per heavy atom. The van der Waals surface area contributed by atoms with Crippen molar-refractivity contribution in [1.82, 2.24) is 4.90 Å². The molecule has 2 saturated heterocycles. The van der Waals surface area contributed by atoms with Crippen LogP contribution in [0, 0.1) is 5.92 Å². The van der Waals surface area contributed by atoms with E-state index >= 15 is 0 Å². The van der Waals surface area contributed by atoms with E-state index in [9.17, 15) is 0 Å². The highest BCUT2D eigenvalue weighted by atomic mass is 35.5. The number of furan rings is 1.